The van der Waals surface area contributed by atoms with E-state index in [0.29, 0.717) is 17.1 Å². The average molecular weight is 501 g/mol. The van der Waals surface area contributed by atoms with Crippen LogP contribution in [0.1, 0.15) is 38.3 Å². The van der Waals surface area contributed by atoms with Crippen molar-refractivity contribution < 1.29 is 23.9 Å². The van der Waals surface area contributed by atoms with Gasteiger partial charge in [0, 0.05) is 24.3 Å². The number of esters is 1. The van der Waals surface area contributed by atoms with E-state index in [4.69, 9.17) is 9.47 Å². The SMILES string of the molecule is Cc1ccc(NC(=O)COC(=O)[C@H]2CC(=O)N(c3ccc(Oc4ccc(C(C)(C)C)cc4)cc3)C2)cc1. The van der Waals surface area contributed by atoms with Gasteiger partial charge in [0.2, 0.25) is 5.91 Å². The lowest BCUT2D eigenvalue weighted by Crippen LogP contribution is -2.28. The lowest BCUT2D eigenvalue weighted by atomic mass is 9.87. The Bertz CT molecular complexity index is 1260. The number of benzene rings is 3. The van der Waals surface area contributed by atoms with Gasteiger partial charge in [0.1, 0.15) is 11.5 Å². The smallest absolute Gasteiger partial charge is 0.311 e. The van der Waals surface area contributed by atoms with E-state index in [-0.39, 0.29) is 24.3 Å². The summed E-state index contributed by atoms with van der Waals surface area (Å²) in [4.78, 5) is 38.8. The second-order valence-electron chi connectivity index (χ2n) is 10.3. The number of anilines is 2. The molecule has 7 heteroatoms. The second-order valence-corrected chi connectivity index (χ2v) is 10.3. The summed E-state index contributed by atoms with van der Waals surface area (Å²) in [6.45, 7) is 8.24. The van der Waals surface area contributed by atoms with E-state index in [1.165, 1.54) is 5.56 Å². The minimum Gasteiger partial charge on any atom is -0.457 e. The molecule has 37 heavy (non-hydrogen) atoms. The van der Waals surface area contributed by atoms with Crippen LogP contribution in [0.2, 0.25) is 0 Å². The van der Waals surface area contributed by atoms with Crippen LogP contribution in [0.15, 0.2) is 72.8 Å². The third-order valence-corrected chi connectivity index (χ3v) is 6.24. The zero-order valence-corrected chi connectivity index (χ0v) is 21.6. The molecule has 7 nitrogen and oxygen atoms in total. The highest BCUT2D eigenvalue weighted by molar-refractivity contribution is 6.00. The molecule has 0 spiro atoms. The molecule has 1 fully saturated rings. The van der Waals surface area contributed by atoms with E-state index in [1.807, 2.05) is 31.2 Å². The van der Waals surface area contributed by atoms with E-state index in [2.05, 4.69) is 38.2 Å². The van der Waals surface area contributed by atoms with E-state index < -0.39 is 24.4 Å². The van der Waals surface area contributed by atoms with Crippen molar-refractivity contribution >= 4 is 29.2 Å². The first kappa shape index (κ1) is 25.9. The third-order valence-electron chi connectivity index (χ3n) is 6.24. The molecule has 192 valence electrons. The molecule has 2 amide bonds. The van der Waals surface area contributed by atoms with Crippen LogP contribution in [0.4, 0.5) is 11.4 Å². The monoisotopic (exact) mass is 500 g/mol. The van der Waals surface area contributed by atoms with Crippen LogP contribution in [0, 0.1) is 12.8 Å². The number of nitrogens with one attached hydrogen (secondary N) is 1. The molecule has 0 saturated carbocycles. The summed E-state index contributed by atoms with van der Waals surface area (Å²) >= 11 is 0. The molecule has 1 N–H and O–H groups in total. The number of hydrogen-bond donors (Lipinski definition) is 1. The van der Waals surface area contributed by atoms with Gasteiger partial charge in [-0.15, -0.1) is 0 Å². The molecule has 1 heterocycles. The molecule has 1 aliphatic heterocycles. The Labute approximate surface area is 217 Å². The van der Waals surface area contributed by atoms with Gasteiger partial charge in [-0.1, -0.05) is 50.6 Å². The van der Waals surface area contributed by atoms with Gasteiger partial charge in [0.05, 0.1) is 5.92 Å². The maximum absolute atomic E-state index is 12.6. The first-order valence-electron chi connectivity index (χ1n) is 12.3. The molecule has 4 rings (SSSR count). The van der Waals surface area contributed by atoms with E-state index >= 15 is 0 Å². The third kappa shape index (κ3) is 6.76. The number of rotatable bonds is 7. The summed E-state index contributed by atoms with van der Waals surface area (Å²) in [6.07, 6.45) is 0.0385. The van der Waals surface area contributed by atoms with Gasteiger partial charge in [-0.05, 0) is 66.4 Å². The summed E-state index contributed by atoms with van der Waals surface area (Å²) < 4.78 is 11.1. The fourth-order valence-corrected chi connectivity index (χ4v) is 4.06. The van der Waals surface area contributed by atoms with Crippen LogP contribution in [-0.2, 0) is 24.5 Å². The molecule has 0 unspecified atom stereocenters. The van der Waals surface area contributed by atoms with Crippen molar-refractivity contribution in [2.24, 2.45) is 5.92 Å². The fourth-order valence-electron chi connectivity index (χ4n) is 4.06. The Morgan fingerprint density at radius 1 is 0.919 bits per heavy atom. The van der Waals surface area contributed by atoms with Crippen molar-refractivity contribution in [2.75, 3.05) is 23.4 Å². The van der Waals surface area contributed by atoms with Gasteiger partial charge in [0.25, 0.3) is 5.91 Å². The van der Waals surface area contributed by atoms with Gasteiger partial charge in [-0.3, -0.25) is 14.4 Å². The van der Waals surface area contributed by atoms with Crippen LogP contribution < -0.4 is 15.0 Å². The number of hydrogen-bond acceptors (Lipinski definition) is 5. The molecule has 0 aromatic heterocycles. The molecule has 3 aromatic carbocycles. The van der Waals surface area contributed by atoms with Crippen molar-refractivity contribution in [2.45, 2.75) is 39.5 Å². The maximum atomic E-state index is 12.6. The Kier molecular flexibility index (Phi) is 7.62. The summed E-state index contributed by atoms with van der Waals surface area (Å²) in [5.41, 5.74) is 3.67. The van der Waals surface area contributed by atoms with Crippen molar-refractivity contribution in [1.82, 2.24) is 0 Å². The van der Waals surface area contributed by atoms with Gasteiger partial charge in [0.15, 0.2) is 6.61 Å². The molecular formula is C30H32N2O5. The Hall–Kier alpha value is -4.13. The molecule has 1 atom stereocenters. The van der Waals surface area contributed by atoms with Crippen molar-refractivity contribution in [3.8, 4) is 11.5 Å². The first-order chi connectivity index (χ1) is 17.6. The summed E-state index contributed by atoms with van der Waals surface area (Å²) in [7, 11) is 0. The second kappa shape index (κ2) is 10.9. The van der Waals surface area contributed by atoms with Crippen molar-refractivity contribution in [3.63, 3.8) is 0 Å². The first-order valence-corrected chi connectivity index (χ1v) is 12.3. The highest BCUT2D eigenvalue weighted by Crippen LogP contribution is 2.30. The standard InChI is InChI=1S/C30H32N2O5/c1-20-5-9-23(10-6-20)31-27(33)19-36-29(35)21-17-28(34)32(18-21)24-11-15-26(16-12-24)37-25-13-7-22(8-14-25)30(2,3)4/h5-16,21H,17-19H2,1-4H3,(H,31,33)/t21-/m0/s1. The number of carbonyl (C=O) groups excluding carboxylic acids is 3. The zero-order chi connectivity index (χ0) is 26.6. The molecular weight excluding hydrogens is 468 g/mol. The summed E-state index contributed by atoms with van der Waals surface area (Å²) in [6, 6.07) is 22.5. The quantitative estimate of drug-likeness (QED) is 0.426. The highest BCUT2D eigenvalue weighted by Gasteiger charge is 2.36. The van der Waals surface area contributed by atoms with Crippen LogP contribution in [0.25, 0.3) is 0 Å². The predicted octanol–water partition coefficient (Wildman–Crippen LogP) is 5.62. The zero-order valence-electron chi connectivity index (χ0n) is 21.6. The molecule has 3 aromatic rings. The van der Waals surface area contributed by atoms with Crippen LogP contribution >= 0.6 is 0 Å². The highest BCUT2D eigenvalue weighted by atomic mass is 16.5. The minimum atomic E-state index is -0.628. The Morgan fingerprint density at radius 3 is 2.11 bits per heavy atom. The fraction of sp³-hybridized carbons (Fsp3) is 0.300. The molecule has 0 radical (unpaired) electrons. The Balaban J connectivity index is 1.29. The topological polar surface area (TPSA) is 84.9 Å². The van der Waals surface area contributed by atoms with E-state index in [1.54, 1.807) is 41.3 Å². The normalized spacial score (nSPS) is 15.4. The van der Waals surface area contributed by atoms with Gasteiger partial charge >= 0.3 is 5.97 Å². The molecule has 1 aliphatic rings. The van der Waals surface area contributed by atoms with Gasteiger partial charge < -0.3 is 19.7 Å². The predicted molar refractivity (Wildman–Crippen MR) is 143 cm³/mol. The lowest BCUT2D eigenvalue weighted by Gasteiger charge is -2.19. The van der Waals surface area contributed by atoms with Gasteiger partial charge in [-0.2, -0.15) is 0 Å². The van der Waals surface area contributed by atoms with Gasteiger partial charge in [-0.25, -0.2) is 0 Å². The van der Waals surface area contributed by atoms with Crippen molar-refractivity contribution in [1.29, 1.82) is 0 Å². The number of amides is 2. The molecule has 0 aliphatic carbocycles. The number of carbonyl (C=O) groups is 3. The minimum absolute atomic E-state index is 0.0385. The van der Waals surface area contributed by atoms with Crippen LogP contribution in [-0.4, -0.2) is 30.9 Å². The van der Waals surface area contributed by atoms with E-state index in [0.717, 1.165) is 11.3 Å². The largest absolute Gasteiger partial charge is 0.457 e. The summed E-state index contributed by atoms with van der Waals surface area (Å²) in [5.74, 6) is -0.410. The number of nitrogens with zero attached hydrogens (tertiary/aromatic N) is 1. The Morgan fingerprint density at radius 2 is 1.51 bits per heavy atom. The number of aryl methyl sites for hydroxylation is 1. The number of ether oxygens (including phenoxy) is 2. The maximum Gasteiger partial charge on any atom is 0.311 e. The molecule has 0 bridgehead atoms. The lowest BCUT2D eigenvalue weighted by molar-refractivity contribution is -0.151. The molecule has 1 saturated heterocycles. The van der Waals surface area contributed by atoms with Crippen LogP contribution in [0.3, 0.4) is 0 Å². The van der Waals surface area contributed by atoms with Crippen LogP contribution in [0.5, 0.6) is 11.5 Å². The van der Waals surface area contributed by atoms with E-state index in [9.17, 15) is 14.4 Å². The summed E-state index contributed by atoms with van der Waals surface area (Å²) in [5, 5.41) is 2.68. The average Bonchev–Trinajstić information content (AvgIpc) is 3.26. The van der Waals surface area contributed by atoms with Crippen molar-refractivity contribution in [3.05, 3.63) is 83.9 Å².